The zero-order chi connectivity index (χ0) is 18.1. The average molecular weight is 353 g/mol. The van der Waals surface area contributed by atoms with Crippen molar-refractivity contribution in [3.63, 3.8) is 0 Å². The minimum Gasteiger partial charge on any atom is -0.479 e. The minimum atomic E-state index is -2.83. The number of carbonyl (C=O) groups is 1. The number of rotatable bonds is 5. The van der Waals surface area contributed by atoms with Crippen molar-refractivity contribution >= 4 is 5.97 Å². The third-order valence-corrected chi connectivity index (χ3v) is 5.42. The van der Waals surface area contributed by atoms with E-state index in [9.17, 15) is 18.7 Å². The molecule has 3 rings (SSSR count). The third-order valence-electron chi connectivity index (χ3n) is 5.42. The number of carboxylic acids is 1. The summed E-state index contributed by atoms with van der Waals surface area (Å²) in [5, 5.41) is 13.3. The number of hydrogen-bond donors (Lipinski definition) is 2. The quantitative estimate of drug-likeness (QED) is 0.851. The lowest BCUT2D eigenvalue weighted by Gasteiger charge is -2.40. The maximum Gasteiger partial charge on any atom is 0.340 e. The number of carboxylic acid groups (broad SMARTS) is 1. The van der Waals surface area contributed by atoms with Gasteiger partial charge in [0.15, 0.2) is 5.60 Å². The first-order valence-corrected chi connectivity index (χ1v) is 8.90. The fourth-order valence-electron chi connectivity index (χ4n) is 4.02. The molecule has 1 saturated carbocycles. The highest BCUT2D eigenvalue weighted by atomic mass is 19.3. The first kappa shape index (κ1) is 18.3. The molecule has 0 amide bonds. The summed E-state index contributed by atoms with van der Waals surface area (Å²) in [6, 6.07) is 7.04. The van der Waals surface area contributed by atoms with E-state index in [0.29, 0.717) is 18.4 Å². The molecule has 138 valence electrons. The Balaban J connectivity index is 2.00. The summed E-state index contributed by atoms with van der Waals surface area (Å²) in [7, 11) is 0. The van der Waals surface area contributed by atoms with E-state index in [-0.39, 0.29) is 18.9 Å². The van der Waals surface area contributed by atoms with Crippen LogP contribution in [0.2, 0.25) is 0 Å². The fraction of sp³-hybridized carbons (Fsp3) is 0.632. The van der Waals surface area contributed by atoms with Crippen molar-refractivity contribution in [3.8, 4) is 0 Å². The molecule has 1 aliphatic carbocycles. The van der Waals surface area contributed by atoms with Crippen molar-refractivity contribution in [1.82, 2.24) is 5.32 Å². The van der Waals surface area contributed by atoms with E-state index in [1.807, 2.05) is 19.1 Å². The lowest BCUT2D eigenvalue weighted by molar-refractivity contribution is -0.192. The first-order valence-electron chi connectivity index (χ1n) is 8.90. The molecule has 1 aromatic rings. The molecule has 1 saturated heterocycles. The largest absolute Gasteiger partial charge is 0.479 e. The highest BCUT2D eigenvalue weighted by Crippen LogP contribution is 2.50. The fourth-order valence-corrected chi connectivity index (χ4v) is 4.02. The Morgan fingerprint density at radius 3 is 2.40 bits per heavy atom. The van der Waals surface area contributed by atoms with Crippen molar-refractivity contribution in [1.29, 1.82) is 0 Å². The number of aliphatic carboxylic acids is 1. The Kier molecular flexibility index (Phi) is 5.11. The molecule has 4 nitrogen and oxygen atoms in total. The van der Waals surface area contributed by atoms with Gasteiger partial charge in [0.1, 0.15) is 0 Å². The summed E-state index contributed by atoms with van der Waals surface area (Å²) >= 11 is 0. The maximum absolute atomic E-state index is 13.9. The van der Waals surface area contributed by atoms with Gasteiger partial charge in [0.2, 0.25) is 5.92 Å². The molecule has 1 heterocycles. The number of aryl methyl sites for hydroxylation is 1. The zero-order valence-corrected chi connectivity index (χ0v) is 14.4. The molecule has 0 unspecified atom stereocenters. The summed E-state index contributed by atoms with van der Waals surface area (Å²) in [6.45, 7) is 3.40. The Morgan fingerprint density at radius 2 is 1.88 bits per heavy atom. The molecule has 0 spiro atoms. The van der Waals surface area contributed by atoms with Crippen molar-refractivity contribution < 1.29 is 23.4 Å². The van der Waals surface area contributed by atoms with Crippen LogP contribution in [0.15, 0.2) is 24.3 Å². The molecule has 1 aromatic carbocycles. The van der Waals surface area contributed by atoms with E-state index in [2.05, 4.69) is 5.32 Å². The SMILES string of the molecule is Cc1ccc([C@@](OC2CCNCC2)(C(=O)O)[C@@H]2CCC(F)(F)C2)cc1. The second-order valence-electron chi connectivity index (χ2n) is 7.27. The number of nitrogens with one attached hydrogen (secondary N) is 1. The molecule has 2 atom stereocenters. The Bertz CT molecular complexity index is 614. The topological polar surface area (TPSA) is 58.6 Å². The Labute approximate surface area is 146 Å². The molecule has 1 aliphatic heterocycles. The highest BCUT2D eigenvalue weighted by Gasteiger charge is 2.56. The average Bonchev–Trinajstić information content (AvgIpc) is 2.94. The molecular formula is C19H25F2NO3. The van der Waals surface area contributed by atoms with Crippen LogP contribution < -0.4 is 5.32 Å². The van der Waals surface area contributed by atoms with Crippen LogP contribution in [0.3, 0.4) is 0 Å². The summed E-state index contributed by atoms with van der Waals surface area (Å²) in [6.07, 6.45) is 0.547. The monoisotopic (exact) mass is 353 g/mol. The van der Waals surface area contributed by atoms with Gasteiger partial charge in [-0.25, -0.2) is 13.6 Å². The normalized spacial score (nSPS) is 26.3. The van der Waals surface area contributed by atoms with Crippen LogP contribution in [0.4, 0.5) is 8.78 Å². The van der Waals surface area contributed by atoms with Gasteiger partial charge in [-0.15, -0.1) is 0 Å². The van der Waals surface area contributed by atoms with Crippen LogP contribution in [-0.4, -0.2) is 36.2 Å². The molecule has 2 N–H and O–H groups in total. The molecule has 2 fully saturated rings. The van der Waals surface area contributed by atoms with E-state index in [1.54, 1.807) is 12.1 Å². The van der Waals surface area contributed by atoms with Crippen LogP contribution >= 0.6 is 0 Å². The molecule has 6 heteroatoms. The predicted molar refractivity (Wildman–Crippen MR) is 89.8 cm³/mol. The number of benzene rings is 1. The molecule has 2 aliphatic rings. The molecule has 0 radical (unpaired) electrons. The van der Waals surface area contributed by atoms with Gasteiger partial charge in [-0.3, -0.25) is 0 Å². The lowest BCUT2D eigenvalue weighted by Crippen LogP contribution is -2.49. The van der Waals surface area contributed by atoms with Crippen LogP contribution in [0, 0.1) is 12.8 Å². The summed E-state index contributed by atoms with van der Waals surface area (Å²) in [4.78, 5) is 12.4. The smallest absolute Gasteiger partial charge is 0.340 e. The van der Waals surface area contributed by atoms with Crippen LogP contribution in [-0.2, 0) is 15.1 Å². The summed E-state index contributed by atoms with van der Waals surface area (Å²) in [5.41, 5.74) is -0.260. The Morgan fingerprint density at radius 1 is 1.24 bits per heavy atom. The van der Waals surface area contributed by atoms with Crippen LogP contribution in [0.5, 0.6) is 0 Å². The lowest BCUT2D eigenvalue weighted by atomic mass is 9.79. The van der Waals surface area contributed by atoms with Gasteiger partial charge in [0, 0.05) is 18.8 Å². The van der Waals surface area contributed by atoms with Gasteiger partial charge in [0.05, 0.1) is 6.10 Å². The molecule has 0 aromatic heterocycles. The van der Waals surface area contributed by atoms with Gasteiger partial charge < -0.3 is 15.2 Å². The summed E-state index contributed by atoms with van der Waals surface area (Å²) < 4.78 is 33.9. The van der Waals surface area contributed by atoms with Crippen LogP contribution in [0.25, 0.3) is 0 Å². The number of ether oxygens (including phenoxy) is 1. The van der Waals surface area contributed by atoms with Crippen molar-refractivity contribution in [2.45, 2.75) is 56.7 Å². The van der Waals surface area contributed by atoms with Gasteiger partial charge in [0.25, 0.3) is 0 Å². The molecule has 0 bridgehead atoms. The number of hydrogen-bond acceptors (Lipinski definition) is 3. The van der Waals surface area contributed by atoms with Crippen molar-refractivity contribution in [3.05, 3.63) is 35.4 Å². The van der Waals surface area contributed by atoms with Crippen molar-refractivity contribution in [2.24, 2.45) is 5.92 Å². The van der Waals surface area contributed by atoms with Gasteiger partial charge in [-0.1, -0.05) is 29.8 Å². The van der Waals surface area contributed by atoms with Crippen molar-refractivity contribution in [2.75, 3.05) is 13.1 Å². The first-order chi connectivity index (χ1) is 11.8. The maximum atomic E-state index is 13.9. The van der Waals surface area contributed by atoms with Gasteiger partial charge in [-0.2, -0.15) is 0 Å². The third kappa shape index (κ3) is 3.70. The highest BCUT2D eigenvalue weighted by molar-refractivity contribution is 5.80. The zero-order valence-electron chi connectivity index (χ0n) is 14.4. The Hall–Kier alpha value is -1.53. The van der Waals surface area contributed by atoms with Crippen LogP contribution in [0.1, 0.15) is 43.2 Å². The van der Waals surface area contributed by atoms with Gasteiger partial charge >= 0.3 is 5.97 Å². The minimum absolute atomic E-state index is 0.151. The molecule has 25 heavy (non-hydrogen) atoms. The molecular weight excluding hydrogens is 328 g/mol. The van der Waals surface area contributed by atoms with E-state index in [1.165, 1.54) is 0 Å². The van der Waals surface area contributed by atoms with E-state index in [4.69, 9.17) is 4.74 Å². The van der Waals surface area contributed by atoms with Gasteiger partial charge in [-0.05, 0) is 44.8 Å². The van der Waals surface area contributed by atoms with E-state index >= 15 is 0 Å². The standard InChI is InChI=1S/C19H25F2NO3/c1-13-2-4-14(5-3-13)19(17(23)24,15-6-9-18(20,21)12-15)25-16-7-10-22-11-8-16/h2-5,15-16,22H,6-12H2,1H3,(H,23,24)/t15-,19+/m1/s1. The second kappa shape index (κ2) is 7.00. The number of piperidine rings is 1. The predicted octanol–water partition coefficient (Wildman–Crippen LogP) is 3.48. The summed E-state index contributed by atoms with van der Waals surface area (Å²) in [5.74, 6) is -4.73. The second-order valence-corrected chi connectivity index (χ2v) is 7.27. The number of alkyl halides is 2. The van der Waals surface area contributed by atoms with E-state index < -0.39 is 29.8 Å². The number of halogens is 2. The van der Waals surface area contributed by atoms with E-state index in [0.717, 1.165) is 18.7 Å².